The highest BCUT2D eigenvalue weighted by atomic mass is 32.2. The molecule has 0 spiro atoms. The Morgan fingerprint density at radius 2 is 2.10 bits per heavy atom. The zero-order valence-corrected chi connectivity index (χ0v) is 11.5. The molecule has 1 aromatic carbocycles. The number of hydrogen-bond donors (Lipinski definition) is 2. The Hall–Kier alpha value is -1.83. The highest BCUT2D eigenvalue weighted by Crippen LogP contribution is 2.43. The van der Waals surface area contributed by atoms with Crippen LogP contribution in [0.15, 0.2) is 33.7 Å². The molecule has 2 heterocycles. The van der Waals surface area contributed by atoms with E-state index < -0.39 is 6.36 Å². The van der Waals surface area contributed by atoms with Crippen molar-refractivity contribution in [1.82, 2.24) is 5.32 Å². The van der Waals surface area contributed by atoms with E-state index in [9.17, 15) is 18.0 Å². The Balaban J connectivity index is 1.89. The SMILES string of the molecule is O=C1NCCCC2=C1Sc1cc(OC(F)(F)F)ccc1N2. The zero-order chi connectivity index (χ0) is 15.0. The first-order chi connectivity index (χ1) is 9.92. The van der Waals surface area contributed by atoms with Crippen LogP contribution in [-0.4, -0.2) is 18.8 Å². The fraction of sp³-hybridized carbons (Fsp3) is 0.308. The van der Waals surface area contributed by atoms with Crippen LogP contribution in [-0.2, 0) is 4.79 Å². The lowest BCUT2D eigenvalue weighted by atomic mass is 10.2. The average Bonchev–Trinajstić information content (AvgIpc) is 2.57. The van der Waals surface area contributed by atoms with Crippen molar-refractivity contribution in [2.45, 2.75) is 24.1 Å². The van der Waals surface area contributed by atoms with Gasteiger partial charge in [0.05, 0.1) is 10.6 Å². The van der Waals surface area contributed by atoms with Crippen LogP contribution in [0, 0.1) is 0 Å². The minimum atomic E-state index is -4.73. The van der Waals surface area contributed by atoms with Crippen molar-refractivity contribution < 1.29 is 22.7 Å². The van der Waals surface area contributed by atoms with Crippen LogP contribution in [0.1, 0.15) is 12.8 Å². The first-order valence-corrected chi connectivity index (χ1v) is 7.10. The van der Waals surface area contributed by atoms with Gasteiger partial charge in [0.25, 0.3) is 5.91 Å². The van der Waals surface area contributed by atoms with E-state index in [1.165, 1.54) is 18.2 Å². The molecule has 21 heavy (non-hydrogen) atoms. The van der Waals surface area contributed by atoms with Crippen LogP contribution >= 0.6 is 11.8 Å². The number of thioether (sulfide) groups is 1. The number of ether oxygens (including phenoxy) is 1. The maximum absolute atomic E-state index is 12.2. The Bertz CT molecular complexity index is 628. The second-order valence-electron chi connectivity index (χ2n) is 4.60. The summed E-state index contributed by atoms with van der Waals surface area (Å²) in [5, 5.41) is 5.88. The molecule has 0 unspecified atom stereocenters. The molecule has 0 fully saturated rings. The third-order valence-corrected chi connectivity index (χ3v) is 4.25. The van der Waals surface area contributed by atoms with E-state index in [1.54, 1.807) is 0 Å². The van der Waals surface area contributed by atoms with Gasteiger partial charge in [-0.2, -0.15) is 0 Å². The van der Waals surface area contributed by atoms with Gasteiger partial charge in [0, 0.05) is 17.1 Å². The highest BCUT2D eigenvalue weighted by Gasteiger charge is 2.32. The van der Waals surface area contributed by atoms with Gasteiger partial charge in [0.15, 0.2) is 0 Å². The van der Waals surface area contributed by atoms with Gasteiger partial charge in [-0.3, -0.25) is 4.79 Å². The normalized spacial score (nSPS) is 18.1. The van der Waals surface area contributed by atoms with Crippen molar-refractivity contribution in [2.24, 2.45) is 0 Å². The number of hydrogen-bond acceptors (Lipinski definition) is 4. The maximum Gasteiger partial charge on any atom is 0.573 e. The summed E-state index contributed by atoms with van der Waals surface area (Å²) >= 11 is 1.16. The molecule has 2 N–H and O–H groups in total. The van der Waals surface area contributed by atoms with Crippen molar-refractivity contribution in [2.75, 3.05) is 11.9 Å². The van der Waals surface area contributed by atoms with Crippen LogP contribution in [0.5, 0.6) is 5.75 Å². The molecule has 112 valence electrons. The number of carbonyl (C=O) groups is 1. The summed E-state index contributed by atoms with van der Waals surface area (Å²) < 4.78 is 40.6. The number of carbonyl (C=O) groups excluding carboxylic acids is 1. The molecule has 0 radical (unpaired) electrons. The summed E-state index contributed by atoms with van der Waals surface area (Å²) in [7, 11) is 0. The molecule has 8 heteroatoms. The Morgan fingerprint density at radius 3 is 2.86 bits per heavy atom. The molecule has 0 aliphatic carbocycles. The number of anilines is 1. The van der Waals surface area contributed by atoms with Gasteiger partial charge in [-0.1, -0.05) is 11.8 Å². The number of fused-ring (bicyclic) bond motifs is 1. The van der Waals surface area contributed by atoms with Gasteiger partial charge >= 0.3 is 6.36 Å². The van der Waals surface area contributed by atoms with Crippen LogP contribution in [0.3, 0.4) is 0 Å². The summed E-state index contributed by atoms with van der Waals surface area (Å²) in [6, 6.07) is 4.06. The number of allylic oxidation sites excluding steroid dienone is 1. The maximum atomic E-state index is 12.2. The van der Waals surface area contributed by atoms with Gasteiger partial charge in [-0.05, 0) is 31.0 Å². The third-order valence-electron chi connectivity index (χ3n) is 3.05. The molecule has 0 saturated carbocycles. The summed E-state index contributed by atoms with van der Waals surface area (Å²) in [5.41, 5.74) is 1.50. The van der Waals surface area contributed by atoms with Crippen LogP contribution < -0.4 is 15.4 Å². The van der Waals surface area contributed by atoms with Crippen LogP contribution in [0.25, 0.3) is 0 Å². The van der Waals surface area contributed by atoms with E-state index in [4.69, 9.17) is 0 Å². The van der Waals surface area contributed by atoms with E-state index >= 15 is 0 Å². The highest BCUT2D eigenvalue weighted by molar-refractivity contribution is 8.04. The van der Waals surface area contributed by atoms with Crippen LogP contribution in [0.2, 0.25) is 0 Å². The summed E-state index contributed by atoms with van der Waals surface area (Å²) in [6.07, 6.45) is -3.19. The number of benzene rings is 1. The standard InChI is InChI=1S/C13H11F3N2O2S/c14-13(15,16)20-7-3-4-8-10(6-7)21-11-9(18-8)2-1-5-17-12(11)19/h3-4,6,18H,1-2,5H2,(H,17,19). The van der Waals surface area contributed by atoms with Crippen molar-refractivity contribution in [1.29, 1.82) is 0 Å². The third kappa shape index (κ3) is 3.10. The van der Waals surface area contributed by atoms with E-state index in [-0.39, 0.29) is 11.7 Å². The second-order valence-corrected chi connectivity index (χ2v) is 5.65. The Kier molecular flexibility index (Phi) is 3.48. The molecule has 2 aliphatic heterocycles. The monoisotopic (exact) mass is 316 g/mol. The largest absolute Gasteiger partial charge is 0.573 e. The molecule has 0 atom stereocenters. The zero-order valence-electron chi connectivity index (χ0n) is 10.7. The van der Waals surface area contributed by atoms with Gasteiger partial charge in [-0.15, -0.1) is 13.2 Å². The lowest BCUT2D eigenvalue weighted by Gasteiger charge is -2.22. The first kappa shape index (κ1) is 14.1. The summed E-state index contributed by atoms with van der Waals surface area (Å²) in [6.45, 7) is 0.590. The van der Waals surface area contributed by atoms with Gasteiger partial charge in [-0.25, -0.2) is 0 Å². The minimum absolute atomic E-state index is 0.201. The average molecular weight is 316 g/mol. The number of amides is 1. The fourth-order valence-electron chi connectivity index (χ4n) is 2.19. The first-order valence-electron chi connectivity index (χ1n) is 6.28. The summed E-state index contributed by atoms with van der Waals surface area (Å²) in [5.74, 6) is -0.499. The van der Waals surface area contributed by atoms with Gasteiger partial charge in [0.2, 0.25) is 0 Å². The van der Waals surface area contributed by atoms with Crippen molar-refractivity contribution >= 4 is 23.4 Å². The van der Waals surface area contributed by atoms with Crippen molar-refractivity contribution in [3.63, 3.8) is 0 Å². The van der Waals surface area contributed by atoms with E-state index in [0.29, 0.717) is 22.0 Å². The predicted molar refractivity (Wildman–Crippen MR) is 71.9 cm³/mol. The lowest BCUT2D eigenvalue weighted by molar-refractivity contribution is -0.274. The summed E-state index contributed by atoms with van der Waals surface area (Å²) in [4.78, 5) is 13.0. The molecule has 1 aromatic rings. The number of alkyl halides is 3. The minimum Gasteiger partial charge on any atom is -0.406 e. The molecule has 1 amide bonds. The second kappa shape index (κ2) is 5.18. The topological polar surface area (TPSA) is 50.4 Å². The predicted octanol–water partition coefficient (Wildman–Crippen LogP) is 3.22. The molecule has 2 aliphatic rings. The van der Waals surface area contributed by atoms with E-state index in [2.05, 4.69) is 15.4 Å². The van der Waals surface area contributed by atoms with Gasteiger partial charge < -0.3 is 15.4 Å². The molecule has 0 saturated heterocycles. The molecule has 0 aromatic heterocycles. The van der Waals surface area contributed by atoms with Crippen molar-refractivity contribution in [3.05, 3.63) is 28.8 Å². The molecule has 0 bridgehead atoms. The van der Waals surface area contributed by atoms with Gasteiger partial charge in [0.1, 0.15) is 5.75 Å². The quantitative estimate of drug-likeness (QED) is 0.835. The fourth-order valence-corrected chi connectivity index (χ4v) is 3.25. The number of halogens is 3. The van der Waals surface area contributed by atoms with Crippen LogP contribution in [0.4, 0.5) is 18.9 Å². The smallest absolute Gasteiger partial charge is 0.406 e. The number of rotatable bonds is 1. The van der Waals surface area contributed by atoms with Crippen molar-refractivity contribution in [3.8, 4) is 5.75 Å². The Labute approximate surface area is 122 Å². The number of nitrogens with one attached hydrogen (secondary N) is 2. The lowest BCUT2D eigenvalue weighted by Crippen LogP contribution is -2.24. The van der Waals surface area contributed by atoms with E-state index in [1.807, 2.05) is 0 Å². The molecule has 4 nitrogen and oxygen atoms in total. The molecular weight excluding hydrogens is 305 g/mol. The Morgan fingerprint density at radius 1 is 1.29 bits per heavy atom. The molecular formula is C13H11F3N2O2S. The molecule has 3 rings (SSSR count). The van der Waals surface area contributed by atoms with E-state index in [0.717, 1.165) is 30.3 Å².